The molecule has 1 saturated heterocycles. The van der Waals surface area contributed by atoms with Crippen molar-refractivity contribution in [3.8, 4) is 0 Å². The molecule has 0 aromatic rings. The van der Waals surface area contributed by atoms with Gasteiger partial charge in [-0.2, -0.15) is 0 Å². The van der Waals surface area contributed by atoms with Gasteiger partial charge in [-0.15, -0.1) is 0 Å². The number of carbonyl (C=O) groups excluding carboxylic acids is 1. The zero-order valence-corrected chi connectivity index (χ0v) is 15.1. The van der Waals surface area contributed by atoms with E-state index in [0.717, 1.165) is 6.54 Å². The Balaban J connectivity index is 2.23. The average molecular weight is 313 g/mol. The highest BCUT2D eigenvalue weighted by atomic mass is 16.6. The van der Waals surface area contributed by atoms with Gasteiger partial charge in [-0.1, -0.05) is 6.92 Å². The van der Waals surface area contributed by atoms with Gasteiger partial charge in [0.25, 0.3) is 0 Å². The molecule has 1 rings (SSSR count). The minimum Gasteiger partial charge on any atom is -0.444 e. The summed E-state index contributed by atoms with van der Waals surface area (Å²) in [5.74, 6) is 0. The van der Waals surface area contributed by atoms with Crippen LogP contribution in [-0.2, 0) is 4.74 Å². The molecule has 0 aromatic heterocycles. The molecule has 1 heterocycles. The van der Waals surface area contributed by atoms with E-state index in [1.54, 1.807) is 0 Å². The Morgan fingerprint density at radius 1 is 1.32 bits per heavy atom. The predicted molar refractivity (Wildman–Crippen MR) is 91.2 cm³/mol. The minimum atomic E-state index is -0.443. The largest absolute Gasteiger partial charge is 0.444 e. The smallest absolute Gasteiger partial charge is 0.407 e. The van der Waals surface area contributed by atoms with Crippen LogP contribution in [0.3, 0.4) is 0 Å². The third-order valence-corrected chi connectivity index (χ3v) is 3.84. The highest BCUT2D eigenvalue weighted by molar-refractivity contribution is 5.68. The predicted octanol–water partition coefficient (Wildman–Crippen LogP) is 2.75. The molecule has 1 fully saturated rings. The first-order chi connectivity index (χ1) is 10.3. The fourth-order valence-corrected chi connectivity index (χ4v) is 2.80. The molecule has 2 N–H and O–H groups in total. The fraction of sp³-hybridized carbons (Fsp3) is 0.941. The second-order valence-electron chi connectivity index (χ2n) is 7.42. The molecule has 5 nitrogen and oxygen atoms in total. The van der Waals surface area contributed by atoms with Crippen molar-refractivity contribution in [1.82, 2.24) is 15.5 Å². The SMILES string of the molecule is CCCN1CCCC(NCC(C)NC(=O)OC(C)(C)C)CC1. The summed E-state index contributed by atoms with van der Waals surface area (Å²) < 4.78 is 5.28. The van der Waals surface area contributed by atoms with Gasteiger partial charge in [0.15, 0.2) is 0 Å². The topological polar surface area (TPSA) is 53.6 Å². The van der Waals surface area contributed by atoms with Crippen molar-refractivity contribution in [2.75, 3.05) is 26.2 Å². The van der Waals surface area contributed by atoms with Crippen molar-refractivity contribution in [3.63, 3.8) is 0 Å². The van der Waals surface area contributed by atoms with E-state index in [4.69, 9.17) is 4.74 Å². The summed E-state index contributed by atoms with van der Waals surface area (Å²) in [6, 6.07) is 0.634. The Kier molecular flexibility index (Phi) is 8.18. The first kappa shape index (κ1) is 19.2. The van der Waals surface area contributed by atoms with E-state index in [0.29, 0.717) is 6.04 Å². The second kappa shape index (κ2) is 9.36. The van der Waals surface area contributed by atoms with E-state index in [1.165, 1.54) is 45.3 Å². The van der Waals surface area contributed by atoms with E-state index >= 15 is 0 Å². The van der Waals surface area contributed by atoms with Crippen LogP contribution in [0.25, 0.3) is 0 Å². The van der Waals surface area contributed by atoms with Crippen molar-refractivity contribution in [2.24, 2.45) is 0 Å². The number of ether oxygens (including phenoxy) is 1. The number of rotatable bonds is 6. The van der Waals surface area contributed by atoms with Crippen LogP contribution in [0.5, 0.6) is 0 Å². The molecule has 1 aliphatic rings. The minimum absolute atomic E-state index is 0.0739. The number of nitrogens with one attached hydrogen (secondary N) is 2. The highest BCUT2D eigenvalue weighted by Crippen LogP contribution is 2.11. The highest BCUT2D eigenvalue weighted by Gasteiger charge is 2.19. The lowest BCUT2D eigenvalue weighted by Gasteiger charge is -2.24. The van der Waals surface area contributed by atoms with Crippen molar-refractivity contribution >= 4 is 6.09 Å². The quantitative estimate of drug-likeness (QED) is 0.792. The molecule has 22 heavy (non-hydrogen) atoms. The standard InChI is InChI=1S/C17H35N3O2/c1-6-10-20-11-7-8-15(9-12-20)18-13-14(2)19-16(21)22-17(3,4)5/h14-15,18H,6-13H2,1-5H3,(H,19,21). The van der Waals surface area contributed by atoms with Crippen LogP contribution in [-0.4, -0.2) is 54.9 Å². The van der Waals surface area contributed by atoms with Crippen molar-refractivity contribution < 1.29 is 9.53 Å². The first-order valence-electron chi connectivity index (χ1n) is 8.75. The summed E-state index contributed by atoms with van der Waals surface area (Å²) in [5.41, 5.74) is -0.443. The zero-order valence-electron chi connectivity index (χ0n) is 15.1. The van der Waals surface area contributed by atoms with Crippen LogP contribution in [0, 0.1) is 0 Å². The van der Waals surface area contributed by atoms with Gasteiger partial charge in [0.1, 0.15) is 5.60 Å². The average Bonchev–Trinajstić information content (AvgIpc) is 2.60. The Morgan fingerprint density at radius 3 is 2.68 bits per heavy atom. The van der Waals surface area contributed by atoms with Gasteiger partial charge in [0.05, 0.1) is 0 Å². The number of alkyl carbamates (subject to hydrolysis) is 1. The molecular formula is C17H35N3O2. The Hall–Kier alpha value is -0.810. The lowest BCUT2D eigenvalue weighted by Crippen LogP contribution is -2.45. The Labute approximate surface area is 136 Å². The van der Waals surface area contributed by atoms with Crippen LogP contribution in [0.4, 0.5) is 4.79 Å². The summed E-state index contributed by atoms with van der Waals surface area (Å²) in [4.78, 5) is 14.3. The van der Waals surface area contributed by atoms with Gasteiger partial charge >= 0.3 is 6.09 Å². The fourth-order valence-electron chi connectivity index (χ4n) is 2.80. The van der Waals surface area contributed by atoms with Crippen molar-refractivity contribution in [2.45, 2.75) is 78.0 Å². The number of hydrogen-bond acceptors (Lipinski definition) is 4. The molecule has 0 aromatic carbocycles. The summed E-state index contributed by atoms with van der Waals surface area (Å²) in [5, 5.41) is 6.48. The summed E-state index contributed by atoms with van der Waals surface area (Å²) in [6.07, 6.45) is 4.57. The van der Waals surface area contributed by atoms with Gasteiger partial charge in [-0.25, -0.2) is 4.79 Å². The van der Waals surface area contributed by atoms with Crippen molar-refractivity contribution in [1.29, 1.82) is 0 Å². The maximum Gasteiger partial charge on any atom is 0.407 e. The van der Waals surface area contributed by atoms with E-state index in [9.17, 15) is 4.79 Å². The van der Waals surface area contributed by atoms with Crippen molar-refractivity contribution in [3.05, 3.63) is 0 Å². The van der Waals surface area contributed by atoms with E-state index in [-0.39, 0.29) is 12.1 Å². The summed E-state index contributed by atoms with van der Waals surface area (Å²) in [7, 11) is 0. The third kappa shape index (κ3) is 8.59. The lowest BCUT2D eigenvalue weighted by molar-refractivity contribution is 0.0507. The maximum absolute atomic E-state index is 11.7. The molecule has 0 radical (unpaired) electrons. The normalized spacial score (nSPS) is 22.0. The Morgan fingerprint density at radius 2 is 2.05 bits per heavy atom. The van der Waals surface area contributed by atoms with Gasteiger partial charge < -0.3 is 20.3 Å². The van der Waals surface area contributed by atoms with Gasteiger partial charge in [-0.05, 0) is 73.0 Å². The molecule has 1 aliphatic heterocycles. The maximum atomic E-state index is 11.7. The van der Waals surface area contributed by atoms with E-state index < -0.39 is 5.60 Å². The summed E-state index contributed by atoms with van der Waals surface area (Å²) >= 11 is 0. The van der Waals surface area contributed by atoms with Crippen LogP contribution in [0.1, 0.15) is 60.3 Å². The molecule has 5 heteroatoms. The number of likely N-dealkylation sites (tertiary alicyclic amines) is 1. The lowest BCUT2D eigenvalue weighted by atomic mass is 10.1. The van der Waals surface area contributed by atoms with Gasteiger partial charge in [-0.3, -0.25) is 0 Å². The molecule has 1 amide bonds. The molecule has 0 aliphatic carbocycles. The first-order valence-corrected chi connectivity index (χ1v) is 8.75. The zero-order chi connectivity index (χ0) is 16.6. The van der Waals surface area contributed by atoms with Crippen LogP contribution in [0.15, 0.2) is 0 Å². The third-order valence-electron chi connectivity index (χ3n) is 3.84. The summed E-state index contributed by atoms with van der Waals surface area (Å²) in [6.45, 7) is 14.3. The van der Waals surface area contributed by atoms with Gasteiger partial charge in [0.2, 0.25) is 0 Å². The van der Waals surface area contributed by atoms with E-state index in [2.05, 4.69) is 22.5 Å². The number of hydrogen-bond donors (Lipinski definition) is 2. The van der Waals surface area contributed by atoms with Gasteiger partial charge in [0, 0.05) is 18.6 Å². The number of nitrogens with zero attached hydrogens (tertiary/aromatic N) is 1. The van der Waals surface area contributed by atoms with Crippen LogP contribution >= 0.6 is 0 Å². The molecule has 0 saturated carbocycles. The molecule has 0 bridgehead atoms. The molecule has 0 spiro atoms. The Bertz CT molecular complexity index is 328. The van der Waals surface area contributed by atoms with Crippen LogP contribution < -0.4 is 10.6 Å². The molecule has 2 atom stereocenters. The second-order valence-corrected chi connectivity index (χ2v) is 7.42. The van der Waals surface area contributed by atoms with E-state index in [1.807, 2.05) is 27.7 Å². The molecular weight excluding hydrogens is 278 g/mol. The molecule has 2 unspecified atom stereocenters. The number of amides is 1. The monoisotopic (exact) mass is 313 g/mol. The number of carbonyl (C=O) groups is 1. The van der Waals surface area contributed by atoms with Crippen LogP contribution in [0.2, 0.25) is 0 Å². The molecule has 130 valence electrons.